The van der Waals surface area contributed by atoms with E-state index in [1.165, 1.54) is 29.5 Å². The number of nitrogens with zero attached hydrogens (tertiary/aromatic N) is 1. The second kappa shape index (κ2) is 5.10. The van der Waals surface area contributed by atoms with Gasteiger partial charge in [-0.1, -0.05) is 11.3 Å². The molecule has 20 heavy (non-hydrogen) atoms. The molecule has 0 saturated heterocycles. The monoisotopic (exact) mass is 354 g/mol. The molecule has 1 aromatic heterocycles. The summed E-state index contributed by atoms with van der Waals surface area (Å²) in [6.45, 7) is 1.81. The summed E-state index contributed by atoms with van der Waals surface area (Å²) in [5, 5.41) is 3.78. The topological polar surface area (TPSA) is 24.9 Å². The number of rotatable bonds is 2. The van der Waals surface area contributed by atoms with Gasteiger partial charge in [0.2, 0.25) is 0 Å². The highest BCUT2D eigenvalue weighted by molar-refractivity contribution is 9.10. The number of halogens is 3. The fourth-order valence-corrected chi connectivity index (χ4v) is 3.09. The molecule has 0 unspecified atom stereocenters. The van der Waals surface area contributed by atoms with Crippen molar-refractivity contribution in [3.8, 4) is 0 Å². The van der Waals surface area contributed by atoms with Crippen LogP contribution in [0.5, 0.6) is 0 Å². The zero-order valence-electron chi connectivity index (χ0n) is 10.4. The van der Waals surface area contributed by atoms with Crippen molar-refractivity contribution in [1.82, 2.24) is 4.98 Å². The maximum atomic E-state index is 13.4. The van der Waals surface area contributed by atoms with Gasteiger partial charge in [-0.15, -0.1) is 0 Å². The summed E-state index contributed by atoms with van der Waals surface area (Å²) >= 11 is 4.51. The fourth-order valence-electron chi connectivity index (χ4n) is 1.85. The molecule has 0 atom stereocenters. The maximum absolute atomic E-state index is 13.4. The minimum Gasteiger partial charge on any atom is -0.331 e. The van der Waals surface area contributed by atoms with Gasteiger partial charge < -0.3 is 5.32 Å². The molecule has 0 aliphatic heterocycles. The number of aromatic nitrogens is 1. The van der Waals surface area contributed by atoms with Crippen LogP contribution < -0.4 is 5.32 Å². The van der Waals surface area contributed by atoms with Crippen molar-refractivity contribution in [2.24, 2.45) is 0 Å². The molecule has 0 radical (unpaired) electrons. The summed E-state index contributed by atoms with van der Waals surface area (Å²) in [5.74, 6) is -0.590. The molecule has 0 amide bonds. The van der Waals surface area contributed by atoms with Crippen molar-refractivity contribution in [1.29, 1.82) is 0 Å². The Hall–Kier alpha value is -1.53. The molecule has 1 heterocycles. The molecule has 0 bridgehead atoms. The standard InChI is InChI=1S/C14H9BrF2N2S/c1-7-4-10(17)9(15)6-12(7)19-14-18-11-3-2-8(16)5-13(11)20-14/h2-6H,1H3,(H,18,19). The molecule has 3 rings (SSSR count). The van der Waals surface area contributed by atoms with Crippen LogP contribution in [0.15, 0.2) is 34.8 Å². The molecule has 0 saturated carbocycles. The van der Waals surface area contributed by atoms with Gasteiger partial charge in [0, 0.05) is 5.69 Å². The van der Waals surface area contributed by atoms with Crippen LogP contribution in [0.2, 0.25) is 0 Å². The summed E-state index contributed by atoms with van der Waals surface area (Å²) in [6.07, 6.45) is 0. The molecule has 102 valence electrons. The fraction of sp³-hybridized carbons (Fsp3) is 0.0714. The quantitative estimate of drug-likeness (QED) is 0.667. The Morgan fingerprint density at radius 3 is 2.80 bits per heavy atom. The zero-order valence-corrected chi connectivity index (χ0v) is 12.8. The predicted molar refractivity (Wildman–Crippen MR) is 81.7 cm³/mol. The smallest absolute Gasteiger partial charge is 0.188 e. The zero-order chi connectivity index (χ0) is 14.3. The van der Waals surface area contributed by atoms with E-state index in [4.69, 9.17) is 0 Å². The molecule has 2 aromatic carbocycles. The number of anilines is 2. The lowest BCUT2D eigenvalue weighted by Crippen LogP contribution is -1.94. The summed E-state index contributed by atoms with van der Waals surface area (Å²) in [5.41, 5.74) is 2.27. The lowest BCUT2D eigenvalue weighted by atomic mass is 10.2. The van der Waals surface area contributed by atoms with Crippen molar-refractivity contribution >= 4 is 48.3 Å². The van der Waals surface area contributed by atoms with Gasteiger partial charge in [0.15, 0.2) is 5.13 Å². The van der Waals surface area contributed by atoms with Gasteiger partial charge >= 0.3 is 0 Å². The van der Waals surface area contributed by atoms with Crippen LogP contribution in [-0.4, -0.2) is 4.98 Å². The molecule has 0 spiro atoms. The minimum absolute atomic E-state index is 0.284. The predicted octanol–water partition coefficient (Wildman–Crippen LogP) is 5.39. The Kier molecular flexibility index (Phi) is 3.43. The van der Waals surface area contributed by atoms with Gasteiger partial charge in [0.25, 0.3) is 0 Å². The first-order chi connectivity index (χ1) is 9.52. The molecule has 0 fully saturated rings. The highest BCUT2D eigenvalue weighted by Crippen LogP contribution is 2.31. The van der Waals surface area contributed by atoms with Crippen LogP contribution in [0.4, 0.5) is 19.6 Å². The molecular weight excluding hydrogens is 346 g/mol. The summed E-state index contributed by atoms with van der Waals surface area (Å²) in [4.78, 5) is 4.37. The average Bonchev–Trinajstić information content (AvgIpc) is 2.77. The van der Waals surface area contributed by atoms with Crippen molar-refractivity contribution in [2.45, 2.75) is 6.92 Å². The Morgan fingerprint density at radius 2 is 2.00 bits per heavy atom. The molecule has 6 heteroatoms. The third-order valence-corrected chi connectivity index (χ3v) is 4.40. The van der Waals surface area contributed by atoms with Gasteiger partial charge in [-0.2, -0.15) is 0 Å². The van der Waals surface area contributed by atoms with Gasteiger partial charge in [-0.05, 0) is 58.7 Å². The molecule has 1 N–H and O–H groups in total. The maximum Gasteiger partial charge on any atom is 0.188 e. The van der Waals surface area contributed by atoms with Crippen LogP contribution in [0.1, 0.15) is 5.56 Å². The third-order valence-electron chi connectivity index (χ3n) is 2.86. The van der Waals surface area contributed by atoms with Crippen LogP contribution in [0, 0.1) is 18.6 Å². The Morgan fingerprint density at radius 1 is 1.20 bits per heavy atom. The van der Waals surface area contributed by atoms with E-state index in [-0.39, 0.29) is 11.6 Å². The SMILES string of the molecule is Cc1cc(F)c(Br)cc1Nc1nc2ccc(F)cc2s1. The first kappa shape index (κ1) is 13.5. The molecule has 0 aliphatic carbocycles. The minimum atomic E-state index is -0.306. The van der Waals surface area contributed by atoms with Crippen molar-refractivity contribution in [3.05, 3.63) is 52.0 Å². The lowest BCUT2D eigenvalue weighted by Gasteiger charge is -2.07. The normalized spacial score (nSPS) is 11.0. The van der Waals surface area contributed by atoms with E-state index in [1.54, 1.807) is 12.1 Å². The molecule has 0 aliphatic rings. The van der Waals surface area contributed by atoms with E-state index >= 15 is 0 Å². The van der Waals surface area contributed by atoms with Crippen LogP contribution in [0.25, 0.3) is 10.2 Å². The molecular formula is C14H9BrF2N2S. The lowest BCUT2D eigenvalue weighted by molar-refractivity contribution is 0.620. The second-order valence-corrected chi connectivity index (χ2v) is 6.22. The van der Waals surface area contributed by atoms with Crippen LogP contribution in [-0.2, 0) is 0 Å². The number of hydrogen-bond acceptors (Lipinski definition) is 3. The Labute approximate surface area is 126 Å². The second-order valence-electron chi connectivity index (χ2n) is 4.34. The van der Waals surface area contributed by atoms with E-state index < -0.39 is 0 Å². The summed E-state index contributed by atoms with van der Waals surface area (Å²) < 4.78 is 27.7. The van der Waals surface area contributed by atoms with Crippen molar-refractivity contribution in [2.75, 3.05) is 5.32 Å². The van der Waals surface area contributed by atoms with Crippen molar-refractivity contribution in [3.63, 3.8) is 0 Å². The van der Waals surface area contributed by atoms with Gasteiger partial charge in [0.05, 0.1) is 14.7 Å². The highest BCUT2D eigenvalue weighted by atomic mass is 79.9. The van der Waals surface area contributed by atoms with Crippen LogP contribution in [0.3, 0.4) is 0 Å². The van der Waals surface area contributed by atoms with Gasteiger partial charge in [0.1, 0.15) is 11.6 Å². The van der Waals surface area contributed by atoms with E-state index in [9.17, 15) is 8.78 Å². The number of nitrogens with one attached hydrogen (secondary N) is 1. The molecule has 3 aromatic rings. The van der Waals surface area contributed by atoms with Crippen LogP contribution >= 0.6 is 27.3 Å². The largest absolute Gasteiger partial charge is 0.331 e. The van der Waals surface area contributed by atoms with E-state index in [0.717, 1.165) is 21.5 Å². The van der Waals surface area contributed by atoms with E-state index in [1.807, 2.05) is 6.92 Å². The Bertz CT molecular complexity index is 801. The summed E-state index contributed by atoms with van der Waals surface area (Å²) in [7, 11) is 0. The number of benzene rings is 2. The van der Waals surface area contributed by atoms with Gasteiger partial charge in [-0.3, -0.25) is 0 Å². The van der Waals surface area contributed by atoms with E-state index in [2.05, 4.69) is 26.2 Å². The van der Waals surface area contributed by atoms with E-state index in [0.29, 0.717) is 9.60 Å². The first-order valence-electron chi connectivity index (χ1n) is 5.82. The third kappa shape index (κ3) is 2.53. The average molecular weight is 355 g/mol. The summed E-state index contributed by atoms with van der Waals surface area (Å²) in [6, 6.07) is 7.58. The van der Waals surface area contributed by atoms with Crippen molar-refractivity contribution < 1.29 is 8.78 Å². The number of fused-ring (bicyclic) bond motifs is 1. The Balaban J connectivity index is 1.99. The first-order valence-corrected chi connectivity index (χ1v) is 7.42. The highest BCUT2D eigenvalue weighted by Gasteiger charge is 2.09. The van der Waals surface area contributed by atoms with Gasteiger partial charge in [-0.25, -0.2) is 13.8 Å². The molecule has 2 nitrogen and oxygen atoms in total. The number of thiazole rings is 1. The number of hydrogen-bond donors (Lipinski definition) is 1. The number of aryl methyl sites for hydroxylation is 1.